The average Bonchev–Trinajstić information content (AvgIpc) is 2.80. The van der Waals surface area contributed by atoms with E-state index in [4.69, 9.17) is 18.6 Å². The molecule has 0 amide bonds. The molecule has 122 valence electrons. The van der Waals surface area contributed by atoms with Gasteiger partial charge < -0.3 is 18.6 Å². The van der Waals surface area contributed by atoms with Crippen LogP contribution in [0.5, 0.6) is 0 Å². The van der Waals surface area contributed by atoms with E-state index in [-0.39, 0.29) is 12.1 Å². The first-order chi connectivity index (χ1) is 10.9. The molecule has 6 heteroatoms. The number of epoxide rings is 1. The fourth-order valence-corrected chi connectivity index (χ4v) is 3.58. The quantitative estimate of drug-likeness (QED) is 0.585. The second-order valence-electron chi connectivity index (χ2n) is 6.53. The first-order valence-corrected chi connectivity index (χ1v) is 7.74. The van der Waals surface area contributed by atoms with Gasteiger partial charge in [-0.2, -0.15) is 0 Å². The summed E-state index contributed by atoms with van der Waals surface area (Å²) in [7, 11) is 0. The third-order valence-corrected chi connectivity index (χ3v) is 4.88. The highest BCUT2D eigenvalue weighted by molar-refractivity contribution is 5.91. The summed E-state index contributed by atoms with van der Waals surface area (Å²) < 4.78 is 22.6. The first kappa shape index (κ1) is 14.5. The number of aryl methyl sites for hydroxylation is 1. The van der Waals surface area contributed by atoms with Gasteiger partial charge in [-0.1, -0.05) is 0 Å². The normalized spacial score (nSPS) is 34.8. The lowest BCUT2D eigenvalue weighted by Crippen LogP contribution is -2.27. The first-order valence-electron chi connectivity index (χ1n) is 7.74. The van der Waals surface area contributed by atoms with Crippen molar-refractivity contribution in [1.82, 2.24) is 0 Å². The second-order valence-corrected chi connectivity index (χ2v) is 6.53. The van der Waals surface area contributed by atoms with Crippen molar-refractivity contribution in [3.05, 3.63) is 34.8 Å². The molecule has 0 radical (unpaired) electrons. The minimum atomic E-state index is -0.650. The lowest BCUT2D eigenvalue weighted by Gasteiger charge is -2.22. The molecule has 2 aliphatic heterocycles. The zero-order valence-electron chi connectivity index (χ0n) is 13.3. The van der Waals surface area contributed by atoms with Crippen LogP contribution in [0.2, 0.25) is 0 Å². The molecule has 1 aromatic rings. The van der Waals surface area contributed by atoms with Crippen molar-refractivity contribution < 1.29 is 28.2 Å². The number of carbonyl (C=O) groups is 2. The number of hydrogen-bond acceptors (Lipinski definition) is 6. The molecule has 3 heterocycles. The van der Waals surface area contributed by atoms with Gasteiger partial charge in [-0.3, -0.25) is 4.79 Å². The summed E-state index contributed by atoms with van der Waals surface area (Å²) in [5, 5.41) is 0. The molecule has 3 aliphatic rings. The molecule has 0 N–H and O–H groups in total. The Balaban J connectivity index is 1.85. The highest BCUT2D eigenvalue weighted by Gasteiger charge is 2.61. The van der Waals surface area contributed by atoms with E-state index in [1.165, 1.54) is 6.92 Å². The van der Waals surface area contributed by atoms with Crippen LogP contribution in [0.1, 0.15) is 55.8 Å². The summed E-state index contributed by atoms with van der Waals surface area (Å²) in [4.78, 5) is 23.6. The van der Waals surface area contributed by atoms with Gasteiger partial charge in [0.25, 0.3) is 0 Å². The van der Waals surface area contributed by atoms with E-state index >= 15 is 0 Å². The molecule has 4 rings (SSSR count). The van der Waals surface area contributed by atoms with E-state index in [1.54, 1.807) is 6.26 Å². The molecule has 0 saturated carbocycles. The third-order valence-electron chi connectivity index (χ3n) is 4.88. The van der Waals surface area contributed by atoms with E-state index in [0.717, 1.165) is 11.1 Å². The molecule has 1 aliphatic carbocycles. The van der Waals surface area contributed by atoms with E-state index in [9.17, 15) is 9.59 Å². The number of ether oxygens (including phenoxy) is 3. The van der Waals surface area contributed by atoms with Gasteiger partial charge >= 0.3 is 11.9 Å². The number of esters is 2. The molecule has 23 heavy (non-hydrogen) atoms. The molecule has 1 fully saturated rings. The van der Waals surface area contributed by atoms with Crippen LogP contribution in [0.25, 0.3) is 0 Å². The van der Waals surface area contributed by atoms with E-state index in [0.29, 0.717) is 24.2 Å². The number of carbonyl (C=O) groups excluding carboxylic acids is 2. The summed E-state index contributed by atoms with van der Waals surface area (Å²) in [5.41, 5.74) is 1.64. The Morgan fingerprint density at radius 3 is 2.96 bits per heavy atom. The van der Waals surface area contributed by atoms with Crippen LogP contribution in [0, 0.1) is 6.92 Å². The molecule has 4 atom stereocenters. The lowest BCUT2D eigenvalue weighted by atomic mass is 9.89. The maximum Gasteiger partial charge on any atom is 0.334 e. The number of fused-ring (bicyclic) bond motifs is 4. The van der Waals surface area contributed by atoms with Gasteiger partial charge in [-0.05, 0) is 38.3 Å². The van der Waals surface area contributed by atoms with Crippen molar-refractivity contribution in [2.75, 3.05) is 0 Å². The molecule has 0 spiro atoms. The zero-order chi connectivity index (χ0) is 16.4. The van der Waals surface area contributed by atoms with Crippen molar-refractivity contribution in [2.45, 2.75) is 57.5 Å². The standard InChI is InChI=1S/C17H18O6/c1-8-7-20-14-13(8)11-6-10(16(19)22-11)4-5-12-17(3,23-12)15(14)21-9(2)18/h6-7,11-12,15H,4-5H2,1-3H3. The van der Waals surface area contributed by atoms with Gasteiger partial charge in [0.2, 0.25) is 0 Å². The SMILES string of the molecule is CC(=O)OC1c2occ(C)c2C2C=C(CCC3OC31C)C(=O)O2. The summed E-state index contributed by atoms with van der Waals surface area (Å²) in [5.74, 6) is -0.197. The number of furan rings is 1. The monoisotopic (exact) mass is 318 g/mol. The van der Waals surface area contributed by atoms with Crippen molar-refractivity contribution in [3.63, 3.8) is 0 Å². The summed E-state index contributed by atoms with van der Waals surface area (Å²) >= 11 is 0. The smallest absolute Gasteiger partial charge is 0.334 e. The van der Waals surface area contributed by atoms with Crippen LogP contribution in [0.4, 0.5) is 0 Å². The van der Waals surface area contributed by atoms with Crippen molar-refractivity contribution in [2.24, 2.45) is 0 Å². The fraction of sp³-hybridized carbons (Fsp3) is 0.529. The maximum atomic E-state index is 12.0. The molecule has 2 bridgehead atoms. The molecule has 4 unspecified atom stereocenters. The Bertz CT molecular complexity index is 729. The minimum Gasteiger partial charge on any atom is -0.465 e. The third kappa shape index (κ3) is 2.12. The van der Waals surface area contributed by atoms with Crippen LogP contribution < -0.4 is 0 Å². The van der Waals surface area contributed by atoms with E-state index in [1.807, 2.05) is 19.9 Å². The highest BCUT2D eigenvalue weighted by atomic mass is 16.7. The van der Waals surface area contributed by atoms with Crippen LogP contribution in [-0.2, 0) is 23.8 Å². The minimum absolute atomic E-state index is 0.0871. The van der Waals surface area contributed by atoms with Crippen molar-refractivity contribution in [1.29, 1.82) is 0 Å². The van der Waals surface area contributed by atoms with Crippen LogP contribution >= 0.6 is 0 Å². The molecular formula is C17H18O6. The van der Waals surface area contributed by atoms with Crippen molar-refractivity contribution in [3.8, 4) is 0 Å². The van der Waals surface area contributed by atoms with Gasteiger partial charge in [-0.25, -0.2) is 4.79 Å². The summed E-state index contributed by atoms with van der Waals surface area (Å²) in [6.45, 7) is 5.16. The van der Waals surface area contributed by atoms with Gasteiger partial charge in [-0.15, -0.1) is 0 Å². The highest BCUT2D eigenvalue weighted by Crippen LogP contribution is 2.53. The molecule has 1 saturated heterocycles. The Morgan fingerprint density at radius 2 is 2.22 bits per heavy atom. The molecular weight excluding hydrogens is 300 g/mol. The van der Waals surface area contributed by atoms with Crippen LogP contribution in [0.3, 0.4) is 0 Å². The lowest BCUT2D eigenvalue weighted by molar-refractivity contribution is -0.151. The zero-order valence-corrected chi connectivity index (χ0v) is 13.3. The van der Waals surface area contributed by atoms with Gasteiger partial charge in [0.1, 0.15) is 5.60 Å². The molecule has 0 aromatic carbocycles. The Morgan fingerprint density at radius 1 is 1.43 bits per heavy atom. The van der Waals surface area contributed by atoms with Gasteiger partial charge in [0.05, 0.1) is 12.4 Å². The fourth-order valence-electron chi connectivity index (χ4n) is 3.58. The Kier molecular flexibility index (Phi) is 2.97. The second kappa shape index (κ2) is 4.71. The van der Waals surface area contributed by atoms with Gasteiger partial charge in [0, 0.05) is 18.1 Å². The largest absolute Gasteiger partial charge is 0.465 e. The molecule has 1 aromatic heterocycles. The molecule has 6 nitrogen and oxygen atoms in total. The topological polar surface area (TPSA) is 78.3 Å². The van der Waals surface area contributed by atoms with E-state index in [2.05, 4.69) is 0 Å². The average molecular weight is 318 g/mol. The number of rotatable bonds is 1. The predicted octanol–water partition coefficient (Wildman–Crippen LogP) is 2.67. The number of hydrogen-bond donors (Lipinski definition) is 0. The van der Waals surface area contributed by atoms with Gasteiger partial charge in [0.15, 0.2) is 18.0 Å². The summed E-state index contributed by atoms with van der Waals surface area (Å²) in [6.07, 6.45) is 3.46. The van der Waals surface area contributed by atoms with Crippen LogP contribution in [-0.4, -0.2) is 23.6 Å². The van der Waals surface area contributed by atoms with Crippen LogP contribution in [0.15, 0.2) is 22.3 Å². The summed E-state index contributed by atoms with van der Waals surface area (Å²) in [6, 6.07) is 0. The Labute approximate surface area is 133 Å². The Hall–Kier alpha value is -2.08. The van der Waals surface area contributed by atoms with E-state index < -0.39 is 23.8 Å². The predicted molar refractivity (Wildman–Crippen MR) is 77.4 cm³/mol. The van der Waals surface area contributed by atoms with Crippen molar-refractivity contribution >= 4 is 11.9 Å². The maximum absolute atomic E-state index is 12.0.